The van der Waals surface area contributed by atoms with Gasteiger partial charge in [-0.2, -0.15) is 0 Å². The summed E-state index contributed by atoms with van der Waals surface area (Å²) in [6.45, 7) is 2.29. The minimum absolute atomic E-state index is 0.0112. The number of ketones is 1. The van der Waals surface area contributed by atoms with Crippen molar-refractivity contribution in [1.82, 2.24) is 4.90 Å². The second-order valence-corrected chi connectivity index (χ2v) is 10.1. The molecule has 6 nitrogen and oxygen atoms in total. The molecule has 1 N–H and O–H groups in total. The lowest BCUT2D eigenvalue weighted by Gasteiger charge is -2.43. The van der Waals surface area contributed by atoms with Gasteiger partial charge in [0.1, 0.15) is 5.92 Å². The van der Waals surface area contributed by atoms with Crippen LogP contribution in [-0.2, 0) is 19.1 Å². The summed E-state index contributed by atoms with van der Waals surface area (Å²) >= 11 is 3.43. The van der Waals surface area contributed by atoms with E-state index in [9.17, 15) is 19.5 Å². The fourth-order valence-electron chi connectivity index (χ4n) is 6.30. The van der Waals surface area contributed by atoms with Crippen LogP contribution in [0.1, 0.15) is 39.0 Å². The van der Waals surface area contributed by atoms with Crippen LogP contribution in [0.25, 0.3) is 0 Å². The van der Waals surface area contributed by atoms with Gasteiger partial charge < -0.3 is 14.7 Å². The van der Waals surface area contributed by atoms with E-state index in [0.717, 1.165) is 25.7 Å². The van der Waals surface area contributed by atoms with Gasteiger partial charge in [-0.15, -0.1) is 0 Å². The molecule has 3 heterocycles. The van der Waals surface area contributed by atoms with E-state index >= 15 is 0 Å². The molecule has 3 aliphatic heterocycles. The Morgan fingerprint density at radius 1 is 1.26 bits per heavy atom. The highest BCUT2D eigenvalue weighted by atomic mass is 79.9. The minimum atomic E-state index is -1.70. The lowest BCUT2D eigenvalue weighted by molar-refractivity contribution is -0.148. The first-order valence-corrected chi connectivity index (χ1v) is 10.8. The molecule has 0 radical (unpaired) electrons. The quantitative estimate of drug-likeness (QED) is 0.308. The molecule has 5 rings (SSSR count). The molecule has 2 aliphatic carbocycles. The van der Waals surface area contributed by atoms with E-state index in [2.05, 4.69) is 28.1 Å². The van der Waals surface area contributed by atoms with Gasteiger partial charge in [-0.05, 0) is 37.0 Å². The first-order chi connectivity index (χ1) is 12.8. The van der Waals surface area contributed by atoms with Gasteiger partial charge in [-0.25, -0.2) is 0 Å². The Labute approximate surface area is 166 Å². The molecule has 8 atom stereocenters. The number of carbonyl (C=O) groups is 3. The molecule has 0 aromatic rings. The molecule has 0 aromatic heterocycles. The zero-order chi connectivity index (χ0) is 19.1. The topological polar surface area (TPSA) is 83.9 Å². The Kier molecular flexibility index (Phi) is 3.74. The number of aliphatic hydroxyl groups is 1. The molecular formula is C20H24BrNO5. The summed E-state index contributed by atoms with van der Waals surface area (Å²) in [4.78, 5) is 40.7. The second-order valence-electron chi connectivity index (χ2n) is 8.86. The first-order valence-electron chi connectivity index (χ1n) is 9.97. The molecular weight excluding hydrogens is 414 g/mol. The summed E-state index contributed by atoms with van der Waals surface area (Å²) in [5.41, 5.74) is -1.70. The van der Waals surface area contributed by atoms with Crippen LogP contribution in [0, 0.1) is 29.6 Å². The fourth-order valence-corrected chi connectivity index (χ4v) is 7.20. The first kappa shape index (κ1) is 17.9. The molecule has 0 spiro atoms. The molecule has 5 aliphatic rings. The second kappa shape index (κ2) is 5.66. The fraction of sp³-hybridized carbons (Fsp3) is 0.750. The van der Waals surface area contributed by atoms with Crippen LogP contribution < -0.4 is 0 Å². The molecule has 1 amide bonds. The van der Waals surface area contributed by atoms with Crippen LogP contribution in [0.2, 0.25) is 0 Å². The average molecular weight is 438 g/mol. The lowest BCUT2D eigenvalue weighted by atomic mass is 9.62. The van der Waals surface area contributed by atoms with Crippen molar-refractivity contribution >= 4 is 33.6 Å². The maximum Gasteiger partial charge on any atom is 0.314 e. The summed E-state index contributed by atoms with van der Waals surface area (Å²) < 4.78 is 3.77. The number of nitrogens with zero attached hydrogens (tertiary/aromatic N) is 1. The Hall–Kier alpha value is -1.21. The third-order valence-electron chi connectivity index (χ3n) is 7.63. The van der Waals surface area contributed by atoms with E-state index in [-0.39, 0.29) is 30.1 Å². The summed E-state index contributed by atoms with van der Waals surface area (Å²) in [7, 11) is 0. The van der Waals surface area contributed by atoms with Crippen LogP contribution >= 0.6 is 15.9 Å². The van der Waals surface area contributed by atoms with Crippen molar-refractivity contribution in [3.05, 3.63) is 12.2 Å². The molecule has 1 saturated carbocycles. The largest absolute Gasteiger partial charge is 0.454 e. The van der Waals surface area contributed by atoms with Gasteiger partial charge in [0.05, 0.1) is 0 Å². The maximum atomic E-state index is 13.8. The Bertz CT molecular complexity index is 767. The SMILES string of the molecule is C[C@H]1C=C[C@H]2CCCC[C@@H]2[C@H]1C(=O)[C@]1(Br)C(=O)N2CC[C@H]3C(=O)O[C@@H]1[C@]32O. The number of Topliss-reactive ketones (excluding diaryl/α,β-unsaturated/α-hetero) is 1. The molecule has 4 fully saturated rings. The van der Waals surface area contributed by atoms with Gasteiger partial charge >= 0.3 is 5.97 Å². The number of allylic oxidation sites excluding steroid dienone is 2. The Morgan fingerprint density at radius 3 is 2.78 bits per heavy atom. The number of ether oxygens (including phenoxy) is 1. The smallest absolute Gasteiger partial charge is 0.314 e. The van der Waals surface area contributed by atoms with Gasteiger partial charge in [-0.1, -0.05) is 47.8 Å². The van der Waals surface area contributed by atoms with E-state index in [1.54, 1.807) is 0 Å². The summed E-state index contributed by atoms with van der Waals surface area (Å²) in [6.07, 6.45) is 7.80. The predicted molar refractivity (Wildman–Crippen MR) is 98.6 cm³/mol. The minimum Gasteiger partial charge on any atom is -0.454 e. The number of halogens is 1. The van der Waals surface area contributed by atoms with E-state index in [1.807, 2.05) is 6.92 Å². The van der Waals surface area contributed by atoms with E-state index in [4.69, 9.17) is 4.74 Å². The normalized spacial score (nSPS) is 50.6. The number of rotatable bonds is 2. The van der Waals surface area contributed by atoms with Crippen LogP contribution in [0.3, 0.4) is 0 Å². The number of hydrogen-bond donors (Lipinski definition) is 1. The average Bonchev–Trinajstić information content (AvgIpc) is 3.19. The molecule has 146 valence electrons. The molecule has 7 heteroatoms. The maximum absolute atomic E-state index is 13.8. The molecule has 0 unspecified atom stereocenters. The van der Waals surface area contributed by atoms with Crippen LogP contribution in [-0.4, -0.2) is 50.4 Å². The van der Waals surface area contributed by atoms with Crippen molar-refractivity contribution in [2.24, 2.45) is 29.6 Å². The monoisotopic (exact) mass is 437 g/mol. The number of fused-ring (bicyclic) bond motifs is 1. The highest BCUT2D eigenvalue weighted by Crippen LogP contribution is 2.57. The van der Waals surface area contributed by atoms with E-state index in [1.165, 1.54) is 4.90 Å². The molecule has 0 aromatic carbocycles. The van der Waals surface area contributed by atoms with Crippen molar-refractivity contribution in [1.29, 1.82) is 0 Å². The van der Waals surface area contributed by atoms with E-state index < -0.39 is 33.9 Å². The zero-order valence-electron chi connectivity index (χ0n) is 15.3. The van der Waals surface area contributed by atoms with Crippen LogP contribution in [0.15, 0.2) is 12.2 Å². The molecule has 27 heavy (non-hydrogen) atoms. The van der Waals surface area contributed by atoms with Crippen LogP contribution in [0.5, 0.6) is 0 Å². The van der Waals surface area contributed by atoms with Crippen LogP contribution in [0.4, 0.5) is 0 Å². The van der Waals surface area contributed by atoms with Crippen molar-refractivity contribution in [2.75, 3.05) is 6.54 Å². The number of hydrogen-bond acceptors (Lipinski definition) is 5. The third-order valence-corrected chi connectivity index (χ3v) is 8.78. The van der Waals surface area contributed by atoms with Gasteiger partial charge in [0.2, 0.25) is 4.32 Å². The summed E-state index contributed by atoms with van der Waals surface area (Å²) in [6, 6.07) is 0. The van der Waals surface area contributed by atoms with Crippen molar-refractivity contribution < 1.29 is 24.2 Å². The van der Waals surface area contributed by atoms with Gasteiger partial charge in [0, 0.05) is 12.5 Å². The number of amides is 1. The summed E-state index contributed by atoms with van der Waals surface area (Å²) in [5.74, 6) is -1.70. The predicted octanol–water partition coefficient (Wildman–Crippen LogP) is 1.79. The van der Waals surface area contributed by atoms with E-state index in [0.29, 0.717) is 12.3 Å². The standard InChI is InChI=1S/C20H24BrNO5/c1-10-6-7-11-4-2-3-5-12(11)14(10)15(23)19(21)17-20(26)13(16(24)27-17)8-9-22(20)18(19)25/h6-7,10-14,17,26H,2-5,8-9H2,1H3/t10-,11+,12-,13-,14-,17-,19+,20+/m0/s1. The van der Waals surface area contributed by atoms with Crippen molar-refractivity contribution in [3.63, 3.8) is 0 Å². The highest BCUT2D eigenvalue weighted by Gasteiger charge is 2.80. The molecule has 3 saturated heterocycles. The van der Waals surface area contributed by atoms with Crippen molar-refractivity contribution in [3.8, 4) is 0 Å². The van der Waals surface area contributed by atoms with Gasteiger partial charge in [0.15, 0.2) is 17.6 Å². The lowest BCUT2D eigenvalue weighted by Crippen LogP contribution is -2.56. The number of alkyl halides is 1. The van der Waals surface area contributed by atoms with Crippen molar-refractivity contribution in [2.45, 2.75) is 55.2 Å². The number of carbonyl (C=O) groups excluding carboxylic acids is 3. The summed E-state index contributed by atoms with van der Waals surface area (Å²) in [5, 5.41) is 11.2. The Morgan fingerprint density at radius 2 is 2.00 bits per heavy atom. The van der Waals surface area contributed by atoms with Gasteiger partial charge in [0.25, 0.3) is 5.91 Å². The Balaban J connectivity index is 1.55. The molecule has 0 bridgehead atoms. The zero-order valence-corrected chi connectivity index (χ0v) is 16.9. The third kappa shape index (κ3) is 2.02. The van der Waals surface area contributed by atoms with Gasteiger partial charge in [-0.3, -0.25) is 14.4 Å². The highest BCUT2D eigenvalue weighted by molar-refractivity contribution is 9.10. The number of esters is 1.